The number of ether oxygens (including phenoxy) is 3. The lowest BCUT2D eigenvalue weighted by Gasteiger charge is -2.21. The molecule has 0 aliphatic heterocycles. The first-order valence-electron chi connectivity index (χ1n) is 9.05. The predicted molar refractivity (Wildman–Crippen MR) is 105 cm³/mol. The molecule has 0 spiro atoms. The molecule has 1 fully saturated rings. The SMILES string of the molecule is COc1ccc(C2(NC(=O)Nc3ccccc3OC(C)C)CC2)cc1OC. The zero-order valence-electron chi connectivity index (χ0n) is 16.2. The number of rotatable bonds is 7. The lowest BCUT2D eigenvalue weighted by atomic mass is 10.0. The Morgan fingerprint density at radius 3 is 2.33 bits per heavy atom. The van der Waals surface area contributed by atoms with Crippen molar-refractivity contribution in [3.8, 4) is 17.2 Å². The first kappa shape index (κ1) is 18.9. The van der Waals surface area contributed by atoms with Crippen molar-refractivity contribution in [2.45, 2.75) is 38.3 Å². The Morgan fingerprint density at radius 2 is 1.70 bits per heavy atom. The van der Waals surface area contributed by atoms with E-state index >= 15 is 0 Å². The summed E-state index contributed by atoms with van der Waals surface area (Å²) >= 11 is 0. The van der Waals surface area contributed by atoms with Crippen LogP contribution in [-0.4, -0.2) is 26.4 Å². The Morgan fingerprint density at radius 1 is 1.00 bits per heavy atom. The van der Waals surface area contributed by atoms with E-state index < -0.39 is 0 Å². The Balaban J connectivity index is 1.73. The third kappa shape index (κ3) is 4.27. The average Bonchev–Trinajstić information content (AvgIpc) is 3.42. The van der Waals surface area contributed by atoms with Gasteiger partial charge in [0.05, 0.1) is 31.5 Å². The van der Waals surface area contributed by atoms with Crippen LogP contribution >= 0.6 is 0 Å². The highest BCUT2D eigenvalue weighted by molar-refractivity contribution is 5.91. The van der Waals surface area contributed by atoms with E-state index in [2.05, 4.69) is 10.6 Å². The molecule has 0 unspecified atom stereocenters. The number of hydrogen-bond donors (Lipinski definition) is 2. The molecule has 0 atom stereocenters. The number of methoxy groups -OCH3 is 2. The summed E-state index contributed by atoms with van der Waals surface area (Å²) in [6, 6.07) is 12.9. The Hall–Kier alpha value is -2.89. The topological polar surface area (TPSA) is 68.8 Å². The fourth-order valence-corrected chi connectivity index (χ4v) is 3.04. The van der Waals surface area contributed by atoms with E-state index in [0.717, 1.165) is 18.4 Å². The number of urea groups is 1. The minimum atomic E-state index is -0.377. The molecule has 6 heteroatoms. The predicted octanol–water partition coefficient (Wildman–Crippen LogP) is 4.30. The molecule has 6 nitrogen and oxygen atoms in total. The van der Waals surface area contributed by atoms with Crippen LogP contribution < -0.4 is 24.8 Å². The Labute approximate surface area is 159 Å². The van der Waals surface area contributed by atoms with Gasteiger partial charge in [0.1, 0.15) is 5.75 Å². The van der Waals surface area contributed by atoms with Crippen molar-refractivity contribution < 1.29 is 19.0 Å². The molecule has 1 aliphatic rings. The van der Waals surface area contributed by atoms with Crippen LogP contribution in [0, 0.1) is 0 Å². The van der Waals surface area contributed by atoms with Crippen LogP contribution in [0.2, 0.25) is 0 Å². The molecule has 0 heterocycles. The maximum Gasteiger partial charge on any atom is 0.320 e. The summed E-state index contributed by atoms with van der Waals surface area (Å²) in [6.45, 7) is 3.90. The van der Waals surface area contributed by atoms with E-state index in [-0.39, 0.29) is 17.7 Å². The molecule has 144 valence electrons. The quantitative estimate of drug-likeness (QED) is 0.762. The van der Waals surface area contributed by atoms with Gasteiger partial charge in [-0.25, -0.2) is 4.79 Å². The van der Waals surface area contributed by atoms with E-state index in [1.54, 1.807) is 14.2 Å². The van der Waals surface area contributed by atoms with Gasteiger partial charge in [0.2, 0.25) is 0 Å². The minimum Gasteiger partial charge on any atom is -0.493 e. The summed E-state index contributed by atoms with van der Waals surface area (Å²) in [5, 5.41) is 6.00. The van der Waals surface area contributed by atoms with Crippen LogP contribution in [0.1, 0.15) is 32.3 Å². The van der Waals surface area contributed by atoms with Crippen LogP contribution in [0.25, 0.3) is 0 Å². The van der Waals surface area contributed by atoms with Crippen molar-refractivity contribution in [2.24, 2.45) is 0 Å². The largest absolute Gasteiger partial charge is 0.493 e. The monoisotopic (exact) mass is 370 g/mol. The van der Waals surface area contributed by atoms with Crippen LogP contribution in [0.5, 0.6) is 17.2 Å². The third-order valence-electron chi connectivity index (χ3n) is 4.54. The van der Waals surface area contributed by atoms with Gasteiger partial charge >= 0.3 is 6.03 Å². The summed E-state index contributed by atoms with van der Waals surface area (Å²) in [5.41, 5.74) is 1.27. The van der Waals surface area contributed by atoms with Gasteiger partial charge in [0.25, 0.3) is 0 Å². The van der Waals surface area contributed by atoms with E-state index in [9.17, 15) is 4.79 Å². The molecular weight excluding hydrogens is 344 g/mol. The molecule has 1 aliphatic carbocycles. The maximum atomic E-state index is 12.6. The van der Waals surface area contributed by atoms with Crippen LogP contribution in [0.4, 0.5) is 10.5 Å². The lowest BCUT2D eigenvalue weighted by Crippen LogP contribution is -2.38. The number of amides is 2. The van der Waals surface area contributed by atoms with E-state index in [0.29, 0.717) is 22.9 Å². The smallest absolute Gasteiger partial charge is 0.320 e. The standard InChI is InChI=1S/C21H26N2O4/c1-14(2)27-17-8-6-5-7-16(17)22-20(24)23-21(11-12-21)15-9-10-18(25-3)19(13-15)26-4/h5-10,13-14H,11-12H2,1-4H3,(H2,22,23,24). The van der Waals surface area contributed by atoms with Crippen molar-refractivity contribution in [1.29, 1.82) is 0 Å². The van der Waals surface area contributed by atoms with Crippen molar-refractivity contribution in [1.82, 2.24) is 5.32 Å². The van der Waals surface area contributed by atoms with Gasteiger partial charge in [0.15, 0.2) is 11.5 Å². The fourth-order valence-electron chi connectivity index (χ4n) is 3.04. The second-order valence-electron chi connectivity index (χ2n) is 6.89. The van der Waals surface area contributed by atoms with Gasteiger partial charge in [-0.2, -0.15) is 0 Å². The number of carbonyl (C=O) groups is 1. The number of carbonyl (C=O) groups excluding carboxylic acids is 1. The van der Waals surface area contributed by atoms with Crippen molar-refractivity contribution in [3.63, 3.8) is 0 Å². The van der Waals surface area contributed by atoms with Gasteiger partial charge in [-0.3, -0.25) is 0 Å². The third-order valence-corrected chi connectivity index (χ3v) is 4.54. The first-order chi connectivity index (χ1) is 13.0. The molecule has 2 aromatic rings. The molecule has 0 saturated heterocycles. The summed E-state index contributed by atoms with van der Waals surface area (Å²) < 4.78 is 16.4. The van der Waals surface area contributed by atoms with Gasteiger partial charge < -0.3 is 24.8 Å². The van der Waals surface area contributed by atoms with E-state index in [1.165, 1.54) is 0 Å². The van der Waals surface area contributed by atoms with Gasteiger partial charge in [0, 0.05) is 0 Å². The highest BCUT2D eigenvalue weighted by Crippen LogP contribution is 2.47. The van der Waals surface area contributed by atoms with Crippen molar-refractivity contribution in [2.75, 3.05) is 19.5 Å². The van der Waals surface area contributed by atoms with Gasteiger partial charge in [-0.1, -0.05) is 18.2 Å². The summed E-state index contributed by atoms with van der Waals surface area (Å²) in [6.07, 6.45) is 1.78. The normalized spacial score (nSPS) is 14.4. The molecule has 2 N–H and O–H groups in total. The van der Waals surface area contributed by atoms with Gasteiger partial charge in [-0.15, -0.1) is 0 Å². The molecule has 2 aromatic carbocycles. The van der Waals surface area contributed by atoms with E-state index in [1.807, 2.05) is 56.3 Å². The van der Waals surface area contributed by atoms with Gasteiger partial charge in [-0.05, 0) is 56.5 Å². The zero-order valence-corrected chi connectivity index (χ0v) is 16.2. The van der Waals surface area contributed by atoms with Crippen LogP contribution in [0.15, 0.2) is 42.5 Å². The molecule has 3 rings (SSSR count). The van der Waals surface area contributed by atoms with Crippen LogP contribution in [-0.2, 0) is 5.54 Å². The summed E-state index contributed by atoms with van der Waals surface area (Å²) in [4.78, 5) is 12.6. The summed E-state index contributed by atoms with van der Waals surface area (Å²) in [7, 11) is 3.21. The highest BCUT2D eigenvalue weighted by Gasteiger charge is 2.46. The summed E-state index contributed by atoms with van der Waals surface area (Å²) in [5.74, 6) is 1.97. The number of benzene rings is 2. The van der Waals surface area contributed by atoms with Crippen LogP contribution in [0.3, 0.4) is 0 Å². The molecule has 1 saturated carbocycles. The van der Waals surface area contributed by atoms with Crippen molar-refractivity contribution in [3.05, 3.63) is 48.0 Å². The zero-order chi connectivity index (χ0) is 19.4. The molecule has 0 aromatic heterocycles. The number of hydrogen-bond acceptors (Lipinski definition) is 4. The fraction of sp³-hybridized carbons (Fsp3) is 0.381. The lowest BCUT2D eigenvalue weighted by molar-refractivity contribution is 0.240. The maximum absolute atomic E-state index is 12.6. The molecule has 27 heavy (non-hydrogen) atoms. The number of nitrogens with one attached hydrogen (secondary N) is 2. The number of anilines is 1. The molecular formula is C21H26N2O4. The first-order valence-corrected chi connectivity index (χ1v) is 9.05. The number of para-hydroxylation sites is 2. The Kier molecular flexibility index (Phi) is 5.44. The molecule has 2 amide bonds. The minimum absolute atomic E-state index is 0.0255. The second-order valence-corrected chi connectivity index (χ2v) is 6.89. The highest BCUT2D eigenvalue weighted by atomic mass is 16.5. The molecule has 0 radical (unpaired) electrons. The Bertz CT molecular complexity index is 816. The molecule has 0 bridgehead atoms. The second kappa shape index (κ2) is 7.78. The van der Waals surface area contributed by atoms with E-state index in [4.69, 9.17) is 14.2 Å². The van der Waals surface area contributed by atoms with Crippen molar-refractivity contribution >= 4 is 11.7 Å². The average molecular weight is 370 g/mol.